The largest absolute Gasteiger partial charge is 0.368 e. The van der Waals surface area contributed by atoms with E-state index in [9.17, 15) is 4.79 Å². The summed E-state index contributed by atoms with van der Waals surface area (Å²) in [6, 6.07) is 0.974. The summed E-state index contributed by atoms with van der Waals surface area (Å²) < 4.78 is 0. The minimum Gasteiger partial charge on any atom is -0.368 e. The Morgan fingerprint density at radius 3 is 2.94 bits per heavy atom. The Morgan fingerprint density at radius 2 is 2.29 bits per heavy atom. The number of fused-ring (bicyclic) bond motifs is 1. The third-order valence-corrected chi connectivity index (χ3v) is 4.18. The highest BCUT2D eigenvalue weighted by atomic mass is 16.1. The molecule has 0 saturated carbocycles. The van der Waals surface area contributed by atoms with E-state index in [-0.39, 0.29) is 11.9 Å². The maximum absolute atomic E-state index is 11.3. The average molecular weight is 240 g/mol. The third-order valence-electron chi connectivity index (χ3n) is 4.18. The topological polar surface area (TPSA) is 61.6 Å². The molecule has 2 fully saturated rings. The van der Waals surface area contributed by atoms with Gasteiger partial charge in [-0.25, -0.2) is 0 Å². The van der Waals surface area contributed by atoms with Crippen molar-refractivity contribution in [1.29, 1.82) is 0 Å². The number of nitrogens with one attached hydrogen (secondary N) is 1. The van der Waals surface area contributed by atoms with Crippen LogP contribution in [0.1, 0.15) is 19.8 Å². The number of carbonyl (C=O) groups excluding carboxylic acids is 1. The minimum absolute atomic E-state index is 0.231. The zero-order chi connectivity index (χ0) is 12.4. The summed E-state index contributed by atoms with van der Waals surface area (Å²) in [5.41, 5.74) is 5.38. The average Bonchev–Trinajstić information content (AvgIpc) is 2.72. The SMILES string of the molecule is CNC(CN1CC2CCCN2CC1C)C(N)=O. The van der Waals surface area contributed by atoms with E-state index < -0.39 is 0 Å². The lowest BCUT2D eigenvalue weighted by Gasteiger charge is -2.43. The number of likely N-dealkylation sites (N-methyl/N-ethyl adjacent to an activating group) is 1. The van der Waals surface area contributed by atoms with Gasteiger partial charge in [-0.2, -0.15) is 0 Å². The molecule has 3 atom stereocenters. The first-order valence-corrected chi connectivity index (χ1v) is 6.56. The Hall–Kier alpha value is -0.650. The Morgan fingerprint density at radius 1 is 1.53 bits per heavy atom. The number of primary amides is 1. The van der Waals surface area contributed by atoms with Gasteiger partial charge < -0.3 is 11.1 Å². The van der Waals surface area contributed by atoms with E-state index in [4.69, 9.17) is 5.73 Å². The summed E-state index contributed by atoms with van der Waals surface area (Å²) in [5.74, 6) is -0.256. The molecule has 3 N–H and O–H groups in total. The lowest BCUT2D eigenvalue weighted by Crippen LogP contribution is -2.59. The highest BCUT2D eigenvalue weighted by molar-refractivity contribution is 5.80. The summed E-state index contributed by atoms with van der Waals surface area (Å²) in [6.07, 6.45) is 2.61. The van der Waals surface area contributed by atoms with Gasteiger partial charge in [0.1, 0.15) is 0 Å². The molecule has 98 valence electrons. The number of amides is 1. The van der Waals surface area contributed by atoms with Crippen molar-refractivity contribution in [3.8, 4) is 0 Å². The molecule has 0 radical (unpaired) electrons. The van der Waals surface area contributed by atoms with Crippen LogP contribution < -0.4 is 11.1 Å². The highest BCUT2D eigenvalue weighted by Gasteiger charge is 2.35. The van der Waals surface area contributed by atoms with E-state index >= 15 is 0 Å². The van der Waals surface area contributed by atoms with Gasteiger partial charge in [-0.1, -0.05) is 0 Å². The second-order valence-corrected chi connectivity index (χ2v) is 5.34. The van der Waals surface area contributed by atoms with Gasteiger partial charge in [0.2, 0.25) is 5.91 Å². The normalized spacial score (nSPS) is 32.4. The number of piperazine rings is 1. The van der Waals surface area contributed by atoms with E-state index in [0.717, 1.165) is 19.6 Å². The fourth-order valence-electron chi connectivity index (χ4n) is 3.06. The van der Waals surface area contributed by atoms with Gasteiger partial charge in [0.15, 0.2) is 0 Å². The van der Waals surface area contributed by atoms with Crippen LogP contribution in [0.15, 0.2) is 0 Å². The molecule has 2 heterocycles. The molecule has 2 aliphatic heterocycles. The molecule has 0 aliphatic carbocycles. The quantitative estimate of drug-likeness (QED) is 0.677. The zero-order valence-corrected chi connectivity index (χ0v) is 10.9. The number of rotatable bonds is 4. The fourth-order valence-corrected chi connectivity index (χ4v) is 3.06. The number of nitrogens with two attached hydrogens (primary N) is 1. The van der Waals surface area contributed by atoms with Gasteiger partial charge in [0.25, 0.3) is 0 Å². The third kappa shape index (κ3) is 2.78. The van der Waals surface area contributed by atoms with Gasteiger partial charge >= 0.3 is 0 Å². The first-order chi connectivity index (χ1) is 8.11. The molecular weight excluding hydrogens is 216 g/mol. The van der Waals surface area contributed by atoms with Crippen molar-refractivity contribution in [2.75, 3.05) is 33.2 Å². The first-order valence-electron chi connectivity index (χ1n) is 6.56. The molecule has 5 nitrogen and oxygen atoms in total. The van der Waals surface area contributed by atoms with Gasteiger partial charge in [-0.05, 0) is 33.4 Å². The highest BCUT2D eigenvalue weighted by Crippen LogP contribution is 2.24. The maximum Gasteiger partial charge on any atom is 0.235 e. The summed E-state index contributed by atoms with van der Waals surface area (Å²) >= 11 is 0. The van der Waals surface area contributed by atoms with E-state index in [2.05, 4.69) is 22.0 Å². The lowest BCUT2D eigenvalue weighted by atomic mass is 10.1. The molecule has 3 unspecified atom stereocenters. The summed E-state index contributed by atoms with van der Waals surface area (Å²) in [6.45, 7) is 6.42. The standard InChI is InChI=1S/C12H24N4O/c1-9-6-15-5-3-4-10(15)7-16(9)8-11(14-2)12(13)17/h9-11,14H,3-8H2,1-2H3,(H2,13,17). The van der Waals surface area contributed by atoms with E-state index in [1.807, 2.05) is 0 Å². The van der Waals surface area contributed by atoms with Crippen LogP contribution in [0, 0.1) is 0 Å². The van der Waals surface area contributed by atoms with Crippen LogP contribution in [0.2, 0.25) is 0 Å². The molecule has 17 heavy (non-hydrogen) atoms. The molecule has 0 spiro atoms. The molecule has 2 aliphatic rings. The van der Waals surface area contributed by atoms with Gasteiger partial charge in [-0.15, -0.1) is 0 Å². The van der Waals surface area contributed by atoms with Crippen molar-refractivity contribution in [2.24, 2.45) is 5.73 Å². The minimum atomic E-state index is -0.256. The molecule has 2 saturated heterocycles. The molecule has 0 aromatic heterocycles. The summed E-state index contributed by atoms with van der Waals surface area (Å²) in [7, 11) is 1.80. The second kappa shape index (κ2) is 5.33. The van der Waals surface area contributed by atoms with Crippen LogP contribution in [0.4, 0.5) is 0 Å². The molecule has 0 aromatic carbocycles. The predicted octanol–water partition coefficient (Wildman–Crippen LogP) is -0.772. The van der Waals surface area contributed by atoms with E-state index in [0.29, 0.717) is 12.1 Å². The van der Waals surface area contributed by atoms with Crippen LogP contribution in [0.3, 0.4) is 0 Å². The number of hydrogen-bond donors (Lipinski definition) is 2. The smallest absolute Gasteiger partial charge is 0.235 e. The number of hydrogen-bond acceptors (Lipinski definition) is 4. The Kier molecular flexibility index (Phi) is 4.01. The Balaban J connectivity index is 1.93. The lowest BCUT2D eigenvalue weighted by molar-refractivity contribution is -0.120. The van der Waals surface area contributed by atoms with Gasteiger partial charge in [-0.3, -0.25) is 14.6 Å². The van der Waals surface area contributed by atoms with Crippen molar-refractivity contribution >= 4 is 5.91 Å². The van der Waals surface area contributed by atoms with Gasteiger partial charge in [0, 0.05) is 31.7 Å². The molecular formula is C12H24N4O. The van der Waals surface area contributed by atoms with Crippen molar-refractivity contribution in [3.63, 3.8) is 0 Å². The molecule has 0 aromatic rings. The molecule has 5 heteroatoms. The zero-order valence-electron chi connectivity index (χ0n) is 10.9. The van der Waals surface area contributed by atoms with Crippen LogP contribution >= 0.6 is 0 Å². The van der Waals surface area contributed by atoms with Crippen molar-refractivity contribution < 1.29 is 4.79 Å². The van der Waals surface area contributed by atoms with E-state index in [1.54, 1.807) is 7.05 Å². The van der Waals surface area contributed by atoms with Gasteiger partial charge in [0.05, 0.1) is 6.04 Å². The molecule has 0 bridgehead atoms. The molecule has 2 rings (SSSR count). The van der Waals surface area contributed by atoms with Crippen LogP contribution in [0.25, 0.3) is 0 Å². The van der Waals surface area contributed by atoms with E-state index in [1.165, 1.54) is 19.4 Å². The van der Waals surface area contributed by atoms with Crippen molar-refractivity contribution in [3.05, 3.63) is 0 Å². The number of carbonyl (C=O) groups is 1. The monoisotopic (exact) mass is 240 g/mol. The van der Waals surface area contributed by atoms with Crippen molar-refractivity contribution in [1.82, 2.24) is 15.1 Å². The Bertz CT molecular complexity index is 284. The second-order valence-electron chi connectivity index (χ2n) is 5.34. The van der Waals surface area contributed by atoms with Crippen LogP contribution in [0.5, 0.6) is 0 Å². The summed E-state index contributed by atoms with van der Waals surface area (Å²) in [4.78, 5) is 16.2. The number of nitrogens with zero attached hydrogens (tertiary/aromatic N) is 2. The van der Waals surface area contributed by atoms with Crippen molar-refractivity contribution in [2.45, 2.75) is 37.9 Å². The summed E-state index contributed by atoms with van der Waals surface area (Å²) in [5, 5.41) is 3.00. The predicted molar refractivity (Wildman–Crippen MR) is 67.7 cm³/mol. The maximum atomic E-state index is 11.3. The van der Waals surface area contributed by atoms with Crippen LogP contribution in [-0.4, -0.2) is 67.1 Å². The fraction of sp³-hybridized carbons (Fsp3) is 0.917. The Labute approximate surface area is 103 Å². The van der Waals surface area contributed by atoms with Crippen LogP contribution in [-0.2, 0) is 4.79 Å². The first kappa shape index (κ1) is 12.8. The molecule has 1 amide bonds.